The smallest absolute Gasteiger partial charge is 0.453 e. The lowest BCUT2D eigenvalue weighted by atomic mass is 10.2. The Balaban J connectivity index is 0.000000347. The first-order valence-electron chi connectivity index (χ1n) is 5.60. The van der Waals surface area contributed by atoms with Gasteiger partial charge in [-0.3, -0.25) is 4.79 Å². The molecular formula is C12H13BF4O2S. The zero-order valence-corrected chi connectivity index (χ0v) is 11.7. The maximum atomic E-state index is 11.7. The maximum Gasteiger partial charge on any atom is 0.673 e. The molecule has 0 N–H and O–H groups in total. The van der Waals surface area contributed by atoms with E-state index in [1.807, 2.05) is 30.3 Å². The number of para-hydroxylation sites is 1. The van der Waals surface area contributed by atoms with Crippen molar-refractivity contribution in [1.82, 2.24) is 0 Å². The van der Waals surface area contributed by atoms with E-state index in [2.05, 4.69) is 12.5 Å². The summed E-state index contributed by atoms with van der Waals surface area (Å²) in [5.74, 6) is 1.15. The van der Waals surface area contributed by atoms with E-state index < -0.39 is 7.25 Å². The van der Waals surface area contributed by atoms with Gasteiger partial charge in [0.15, 0.2) is 11.5 Å². The number of carbonyl (C=O) groups is 1. The molecule has 0 radical (unpaired) electrons. The molecule has 2 nitrogen and oxygen atoms in total. The molecule has 0 unspecified atom stereocenters. The number of rotatable bonds is 3. The van der Waals surface area contributed by atoms with Crippen molar-refractivity contribution in [2.24, 2.45) is 0 Å². The summed E-state index contributed by atoms with van der Waals surface area (Å²) in [6.45, 7) is 0. The molecule has 0 aliphatic heterocycles. The molecule has 110 valence electrons. The molecule has 0 saturated carbocycles. The van der Waals surface area contributed by atoms with Gasteiger partial charge in [0.1, 0.15) is 5.58 Å². The average molecular weight is 308 g/mol. The van der Waals surface area contributed by atoms with Crippen LogP contribution in [-0.4, -0.2) is 31.3 Å². The third kappa shape index (κ3) is 6.14. The highest BCUT2D eigenvalue weighted by Gasteiger charge is 2.20. The first-order valence-corrected chi connectivity index (χ1v) is 7.81. The van der Waals surface area contributed by atoms with Gasteiger partial charge in [0.05, 0.1) is 12.5 Å². The molecule has 2 aromatic rings. The Morgan fingerprint density at radius 2 is 1.75 bits per heavy atom. The highest BCUT2D eigenvalue weighted by atomic mass is 32.2. The van der Waals surface area contributed by atoms with Crippen LogP contribution in [0.3, 0.4) is 0 Å². The van der Waals surface area contributed by atoms with Gasteiger partial charge in [-0.1, -0.05) is 18.2 Å². The molecular weight excluding hydrogens is 295 g/mol. The normalized spacial score (nSPS) is 11.3. The number of Topliss-reactive ketones (excluding diaryl/α,β-unsaturated/α-hetero) is 1. The summed E-state index contributed by atoms with van der Waals surface area (Å²) < 4.78 is 44.5. The van der Waals surface area contributed by atoms with E-state index in [-0.39, 0.29) is 16.7 Å². The monoisotopic (exact) mass is 308 g/mol. The van der Waals surface area contributed by atoms with Crippen LogP contribution in [0.5, 0.6) is 0 Å². The molecule has 0 aliphatic rings. The second-order valence-corrected chi connectivity index (χ2v) is 6.46. The molecule has 0 bridgehead atoms. The van der Waals surface area contributed by atoms with Gasteiger partial charge in [0, 0.05) is 5.39 Å². The van der Waals surface area contributed by atoms with Crippen molar-refractivity contribution < 1.29 is 26.5 Å². The highest BCUT2D eigenvalue weighted by molar-refractivity contribution is 7.96. The summed E-state index contributed by atoms with van der Waals surface area (Å²) in [4.78, 5) is 11.7. The molecule has 20 heavy (non-hydrogen) atoms. The fourth-order valence-corrected chi connectivity index (χ4v) is 2.12. The minimum absolute atomic E-state index is 0.0968. The molecule has 0 amide bonds. The number of fused-ring (bicyclic) bond motifs is 1. The number of ketones is 1. The van der Waals surface area contributed by atoms with Gasteiger partial charge in [-0.15, -0.1) is 0 Å². The average Bonchev–Trinajstić information content (AvgIpc) is 2.69. The second kappa shape index (κ2) is 6.83. The lowest BCUT2D eigenvalue weighted by Gasteiger charge is -1.94. The third-order valence-electron chi connectivity index (χ3n) is 2.12. The minimum atomic E-state index is -6.00. The standard InChI is InChI=1S/C12H13O2S.BF4/c1-15(2)8-10(13)12-7-9-5-3-4-6-11(9)14-12;2-1(3,4)5/h3-7H,8H2,1-2H3;/q+1;-1. The Hall–Kier alpha value is -1.44. The molecule has 0 fully saturated rings. The van der Waals surface area contributed by atoms with E-state index in [9.17, 15) is 22.1 Å². The predicted octanol–water partition coefficient (Wildman–Crippen LogP) is 3.79. The van der Waals surface area contributed by atoms with Crippen LogP contribution in [0.15, 0.2) is 34.7 Å². The minimum Gasteiger partial charge on any atom is -0.453 e. The Morgan fingerprint density at radius 3 is 2.25 bits per heavy atom. The molecule has 0 spiro atoms. The molecule has 2 rings (SSSR count). The van der Waals surface area contributed by atoms with Crippen LogP contribution in [0.1, 0.15) is 10.6 Å². The lowest BCUT2D eigenvalue weighted by Crippen LogP contribution is -2.12. The Labute approximate surface area is 116 Å². The van der Waals surface area contributed by atoms with Crippen molar-refractivity contribution in [3.05, 3.63) is 36.1 Å². The largest absolute Gasteiger partial charge is 0.673 e. The maximum absolute atomic E-state index is 11.7. The van der Waals surface area contributed by atoms with Crippen molar-refractivity contribution >= 4 is 34.9 Å². The van der Waals surface area contributed by atoms with Crippen LogP contribution in [0, 0.1) is 0 Å². The van der Waals surface area contributed by atoms with Crippen molar-refractivity contribution in [1.29, 1.82) is 0 Å². The van der Waals surface area contributed by atoms with Crippen LogP contribution in [0.4, 0.5) is 17.3 Å². The third-order valence-corrected chi connectivity index (χ3v) is 2.96. The predicted molar refractivity (Wildman–Crippen MR) is 74.8 cm³/mol. The van der Waals surface area contributed by atoms with Gasteiger partial charge in [-0.25, -0.2) is 0 Å². The number of halogens is 4. The Bertz CT molecular complexity index is 541. The topological polar surface area (TPSA) is 30.2 Å². The summed E-state index contributed by atoms with van der Waals surface area (Å²) in [7, 11) is -5.88. The van der Waals surface area contributed by atoms with E-state index in [0.29, 0.717) is 11.5 Å². The summed E-state index contributed by atoms with van der Waals surface area (Å²) in [5, 5.41) is 0.993. The van der Waals surface area contributed by atoms with Gasteiger partial charge >= 0.3 is 7.25 Å². The fraction of sp³-hybridized carbons (Fsp3) is 0.250. The Morgan fingerprint density at radius 1 is 1.20 bits per heavy atom. The van der Waals surface area contributed by atoms with Crippen molar-refractivity contribution in [3.63, 3.8) is 0 Å². The van der Waals surface area contributed by atoms with Crippen molar-refractivity contribution in [2.75, 3.05) is 18.3 Å². The van der Waals surface area contributed by atoms with Gasteiger partial charge < -0.3 is 21.7 Å². The van der Waals surface area contributed by atoms with Crippen LogP contribution < -0.4 is 0 Å². The SMILES string of the molecule is C[S+](C)CC(=O)c1cc2ccccc2o1.F[B-](F)(F)F. The molecule has 0 saturated heterocycles. The molecule has 0 atom stereocenters. The van der Waals surface area contributed by atoms with E-state index in [1.165, 1.54) is 0 Å². The molecule has 1 aromatic heterocycles. The van der Waals surface area contributed by atoms with Crippen molar-refractivity contribution in [3.8, 4) is 0 Å². The summed E-state index contributed by atoms with van der Waals surface area (Å²) >= 11 is 0. The number of carbonyl (C=O) groups excluding carboxylic acids is 1. The summed E-state index contributed by atoms with van der Waals surface area (Å²) in [5.41, 5.74) is 0.785. The number of benzene rings is 1. The van der Waals surface area contributed by atoms with E-state index in [1.54, 1.807) is 0 Å². The molecule has 8 heteroatoms. The van der Waals surface area contributed by atoms with E-state index in [4.69, 9.17) is 4.42 Å². The number of hydrogen-bond donors (Lipinski definition) is 0. The van der Waals surface area contributed by atoms with Gasteiger partial charge in [0.25, 0.3) is 0 Å². The van der Waals surface area contributed by atoms with Gasteiger partial charge in [-0.2, -0.15) is 0 Å². The highest BCUT2D eigenvalue weighted by Crippen LogP contribution is 2.19. The van der Waals surface area contributed by atoms with E-state index in [0.717, 1.165) is 11.0 Å². The number of hydrogen-bond acceptors (Lipinski definition) is 2. The van der Waals surface area contributed by atoms with Crippen LogP contribution >= 0.6 is 0 Å². The van der Waals surface area contributed by atoms with Crippen LogP contribution in [-0.2, 0) is 10.9 Å². The quantitative estimate of drug-likeness (QED) is 0.374. The fourth-order valence-electron chi connectivity index (χ4n) is 1.45. The summed E-state index contributed by atoms with van der Waals surface area (Å²) in [6.07, 6.45) is 4.11. The van der Waals surface area contributed by atoms with Gasteiger partial charge in [-0.05, 0) is 23.0 Å². The molecule has 1 heterocycles. The second-order valence-electron chi connectivity index (χ2n) is 4.20. The first-order chi connectivity index (χ1) is 9.16. The lowest BCUT2D eigenvalue weighted by molar-refractivity contribution is 0.0994. The first kappa shape index (κ1) is 16.6. The van der Waals surface area contributed by atoms with E-state index >= 15 is 0 Å². The van der Waals surface area contributed by atoms with Crippen LogP contribution in [0.25, 0.3) is 11.0 Å². The summed E-state index contributed by atoms with van der Waals surface area (Å²) in [6, 6.07) is 9.50. The zero-order chi connectivity index (χ0) is 15.3. The van der Waals surface area contributed by atoms with Crippen molar-refractivity contribution in [2.45, 2.75) is 0 Å². The molecule has 1 aromatic carbocycles. The van der Waals surface area contributed by atoms with Crippen LogP contribution in [0.2, 0.25) is 0 Å². The number of furan rings is 1. The zero-order valence-electron chi connectivity index (χ0n) is 10.9. The van der Waals surface area contributed by atoms with Gasteiger partial charge in [0.2, 0.25) is 5.78 Å². The Kier molecular flexibility index (Phi) is 5.68. The molecule has 0 aliphatic carbocycles.